The number of rotatable bonds is 5. The molecule has 0 aromatic rings. The summed E-state index contributed by atoms with van der Waals surface area (Å²) in [7, 11) is 0. The maximum Gasteiger partial charge on any atom is 0.225 e. The van der Waals surface area contributed by atoms with E-state index >= 15 is 0 Å². The van der Waals surface area contributed by atoms with Crippen LogP contribution in [-0.4, -0.2) is 41.1 Å². The molecule has 0 spiro atoms. The first-order valence-corrected chi connectivity index (χ1v) is 6.23. The largest absolute Gasteiger partial charge is 0.391 e. The second kappa shape index (κ2) is 6.21. The molecule has 4 nitrogen and oxygen atoms in total. The van der Waals surface area contributed by atoms with Crippen LogP contribution < -0.4 is 5.73 Å². The van der Waals surface area contributed by atoms with Crippen LogP contribution in [0.15, 0.2) is 0 Å². The summed E-state index contributed by atoms with van der Waals surface area (Å²) in [4.78, 5) is 13.7. The zero-order valence-electron chi connectivity index (χ0n) is 10.4. The third kappa shape index (κ3) is 4.10. The van der Waals surface area contributed by atoms with E-state index in [1.807, 2.05) is 13.8 Å². The summed E-state index contributed by atoms with van der Waals surface area (Å²) in [5.74, 6) is 0.241. The maximum atomic E-state index is 12.0. The third-order valence-corrected chi connectivity index (χ3v) is 3.19. The van der Waals surface area contributed by atoms with Crippen molar-refractivity contribution >= 4 is 5.91 Å². The van der Waals surface area contributed by atoms with Gasteiger partial charge < -0.3 is 15.7 Å². The third-order valence-electron chi connectivity index (χ3n) is 3.19. The first-order chi connectivity index (χ1) is 7.50. The van der Waals surface area contributed by atoms with Crippen LogP contribution in [0.4, 0.5) is 0 Å². The van der Waals surface area contributed by atoms with Crippen molar-refractivity contribution < 1.29 is 9.90 Å². The van der Waals surface area contributed by atoms with E-state index in [4.69, 9.17) is 5.73 Å². The molecule has 1 aliphatic rings. The molecule has 0 aromatic heterocycles. The van der Waals surface area contributed by atoms with E-state index in [1.165, 1.54) is 0 Å². The van der Waals surface area contributed by atoms with E-state index in [-0.39, 0.29) is 24.0 Å². The molecule has 1 rings (SSSR count). The molecule has 1 fully saturated rings. The number of nitrogens with two attached hydrogens (primary N) is 1. The average molecular weight is 228 g/mol. The fraction of sp³-hybridized carbons (Fsp3) is 0.917. The van der Waals surface area contributed by atoms with Crippen molar-refractivity contribution in [3.8, 4) is 0 Å². The first kappa shape index (κ1) is 13.5. The summed E-state index contributed by atoms with van der Waals surface area (Å²) in [5.41, 5.74) is 5.67. The van der Waals surface area contributed by atoms with Crippen LogP contribution in [0.3, 0.4) is 0 Å². The zero-order chi connectivity index (χ0) is 12.1. The van der Waals surface area contributed by atoms with Gasteiger partial charge in [-0.3, -0.25) is 4.79 Å². The average Bonchev–Trinajstić information content (AvgIpc) is 2.63. The Kier molecular flexibility index (Phi) is 5.22. The van der Waals surface area contributed by atoms with Gasteiger partial charge in [0.05, 0.1) is 6.10 Å². The monoisotopic (exact) mass is 228 g/mol. The van der Waals surface area contributed by atoms with Gasteiger partial charge in [0.2, 0.25) is 5.91 Å². The normalized spacial score (nSPS) is 24.5. The van der Waals surface area contributed by atoms with Crippen molar-refractivity contribution in [1.82, 2.24) is 4.90 Å². The lowest BCUT2D eigenvalue weighted by atomic mass is 10.0. The predicted octanol–water partition coefficient (Wildman–Crippen LogP) is 0.733. The highest BCUT2D eigenvalue weighted by Gasteiger charge is 2.27. The number of β-amino-alcohol motifs (C(OH)–C–C–N with tert-alkyl or cyclic N) is 1. The van der Waals surface area contributed by atoms with Crippen molar-refractivity contribution in [2.45, 2.75) is 51.7 Å². The highest BCUT2D eigenvalue weighted by Crippen LogP contribution is 2.16. The second-order valence-corrected chi connectivity index (χ2v) is 5.04. The van der Waals surface area contributed by atoms with Gasteiger partial charge in [0.15, 0.2) is 0 Å². The molecule has 3 N–H and O–H groups in total. The lowest BCUT2D eigenvalue weighted by Gasteiger charge is -2.20. The van der Waals surface area contributed by atoms with E-state index in [0.717, 1.165) is 25.7 Å². The minimum absolute atomic E-state index is 0.0593. The second-order valence-electron chi connectivity index (χ2n) is 5.04. The van der Waals surface area contributed by atoms with Crippen LogP contribution in [0.1, 0.15) is 39.5 Å². The lowest BCUT2D eigenvalue weighted by Crippen LogP contribution is -2.34. The van der Waals surface area contributed by atoms with Crippen molar-refractivity contribution in [2.75, 3.05) is 13.1 Å². The smallest absolute Gasteiger partial charge is 0.225 e. The van der Waals surface area contributed by atoms with Gasteiger partial charge in [0.25, 0.3) is 0 Å². The van der Waals surface area contributed by atoms with Crippen molar-refractivity contribution in [2.24, 2.45) is 11.7 Å². The fourth-order valence-electron chi connectivity index (χ4n) is 2.12. The Morgan fingerprint density at radius 1 is 1.50 bits per heavy atom. The summed E-state index contributed by atoms with van der Waals surface area (Å²) in [5, 5.41) is 9.37. The molecular formula is C12H24N2O2. The minimum atomic E-state index is -0.319. The standard InChI is InChI=1S/C12H24N2O2/c1-9(4-3-5-10(2)13)12(16)14-7-6-11(15)8-14/h9-11,15H,3-8,13H2,1-2H3/t9?,10?,11-/m1/s1. The van der Waals surface area contributed by atoms with E-state index in [2.05, 4.69) is 0 Å². The summed E-state index contributed by atoms with van der Waals surface area (Å²) in [6.07, 6.45) is 3.27. The summed E-state index contributed by atoms with van der Waals surface area (Å²) in [6.45, 7) is 5.17. The Labute approximate surface area is 97.8 Å². The molecule has 1 aliphatic heterocycles. The Morgan fingerprint density at radius 3 is 2.69 bits per heavy atom. The maximum absolute atomic E-state index is 12.0. The zero-order valence-corrected chi connectivity index (χ0v) is 10.4. The number of amides is 1. The first-order valence-electron chi connectivity index (χ1n) is 6.23. The van der Waals surface area contributed by atoms with Crippen LogP contribution in [0.5, 0.6) is 0 Å². The van der Waals surface area contributed by atoms with Gasteiger partial charge in [0.1, 0.15) is 0 Å². The molecule has 94 valence electrons. The molecule has 0 saturated carbocycles. The van der Waals surface area contributed by atoms with Gasteiger partial charge >= 0.3 is 0 Å². The molecule has 3 atom stereocenters. The molecule has 4 heteroatoms. The van der Waals surface area contributed by atoms with Crippen molar-refractivity contribution in [1.29, 1.82) is 0 Å². The number of aliphatic hydroxyl groups is 1. The van der Waals surface area contributed by atoms with E-state index < -0.39 is 0 Å². The van der Waals surface area contributed by atoms with Crippen LogP contribution in [0, 0.1) is 5.92 Å². The van der Waals surface area contributed by atoms with Crippen LogP contribution in [0.2, 0.25) is 0 Å². The van der Waals surface area contributed by atoms with Crippen LogP contribution in [-0.2, 0) is 4.79 Å². The number of likely N-dealkylation sites (tertiary alicyclic amines) is 1. The molecule has 0 radical (unpaired) electrons. The highest BCUT2D eigenvalue weighted by atomic mass is 16.3. The molecule has 1 saturated heterocycles. The molecule has 1 amide bonds. The molecule has 16 heavy (non-hydrogen) atoms. The van der Waals surface area contributed by atoms with Gasteiger partial charge in [-0.15, -0.1) is 0 Å². The lowest BCUT2D eigenvalue weighted by molar-refractivity contribution is -0.134. The molecule has 0 aromatic carbocycles. The number of aliphatic hydroxyl groups excluding tert-OH is 1. The van der Waals surface area contributed by atoms with Gasteiger partial charge in [-0.05, 0) is 26.2 Å². The van der Waals surface area contributed by atoms with Gasteiger partial charge in [0, 0.05) is 25.0 Å². The predicted molar refractivity (Wildman–Crippen MR) is 63.9 cm³/mol. The fourth-order valence-corrected chi connectivity index (χ4v) is 2.12. The van der Waals surface area contributed by atoms with Crippen LogP contribution in [0.25, 0.3) is 0 Å². The summed E-state index contributed by atoms with van der Waals surface area (Å²) in [6, 6.07) is 0.218. The van der Waals surface area contributed by atoms with E-state index in [0.29, 0.717) is 13.1 Å². The Balaban J connectivity index is 2.25. The molecule has 2 unspecified atom stereocenters. The van der Waals surface area contributed by atoms with Crippen molar-refractivity contribution in [3.05, 3.63) is 0 Å². The topological polar surface area (TPSA) is 66.6 Å². The molecule has 0 bridgehead atoms. The molecule has 0 aliphatic carbocycles. The molecule has 1 heterocycles. The number of carbonyl (C=O) groups is 1. The Morgan fingerprint density at radius 2 is 2.19 bits per heavy atom. The summed E-state index contributed by atoms with van der Waals surface area (Å²) >= 11 is 0. The number of hydrogen-bond donors (Lipinski definition) is 2. The van der Waals surface area contributed by atoms with Gasteiger partial charge in [-0.1, -0.05) is 13.3 Å². The van der Waals surface area contributed by atoms with Gasteiger partial charge in [-0.25, -0.2) is 0 Å². The summed E-state index contributed by atoms with van der Waals surface area (Å²) < 4.78 is 0. The Hall–Kier alpha value is -0.610. The SMILES string of the molecule is CC(N)CCCC(C)C(=O)N1CC[C@@H](O)C1. The van der Waals surface area contributed by atoms with E-state index in [9.17, 15) is 9.90 Å². The molecular weight excluding hydrogens is 204 g/mol. The van der Waals surface area contributed by atoms with Crippen LogP contribution >= 0.6 is 0 Å². The number of nitrogens with zero attached hydrogens (tertiary/aromatic N) is 1. The number of carbonyl (C=O) groups excluding carboxylic acids is 1. The quantitative estimate of drug-likeness (QED) is 0.729. The highest BCUT2D eigenvalue weighted by molar-refractivity contribution is 5.78. The van der Waals surface area contributed by atoms with E-state index in [1.54, 1.807) is 4.90 Å². The van der Waals surface area contributed by atoms with Crippen molar-refractivity contribution in [3.63, 3.8) is 0 Å². The number of hydrogen-bond acceptors (Lipinski definition) is 3. The Bertz CT molecular complexity index is 231. The minimum Gasteiger partial charge on any atom is -0.391 e. The van der Waals surface area contributed by atoms with Gasteiger partial charge in [-0.2, -0.15) is 0 Å².